The molecule has 0 aromatic heterocycles. The fraction of sp³-hybridized carbons (Fsp3) is 0.259. The molecule has 0 aliphatic rings. The summed E-state index contributed by atoms with van der Waals surface area (Å²) in [5.74, 6) is -0.0885. The van der Waals surface area contributed by atoms with Crippen LogP contribution < -0.4 is 5.32 Å². The Morgan fingerprint density at radius 2 is 1.35 bits per heavy atom. The Balaban J connectivity index is 1.43. The highest BCUT2D eigenvalue weighted by Gasteiger charge is 2.19. The Morgan fingerprint density at radius 1 is 0.774 bits per heavy atom. The molecule has 160 valence electrons. The normalized spacial score (nSPS) is 12.7. The van der Waals surface area contributed by atoms with E-state index in [1.807, 2.05) is 48.5 Å². The average molecular weight is 432 g/mol. The summed E-state index contributed by atoms with van der Waals surface area (Å²) in [4.78, 5) is 24.7. The Bertz CT molecular complexity index is 971. The first kappa shape index (κ1) is 22.8. The standard InChI is InChI=1S/C27H29NO2S/c1-20(19-23-13-16-25(17-14-23)24-11-7-4-8-12-24)31-27(30)21(2)28-26(29)18-15-22-9-5-3-6-10-22/h3-14,16-17,20-21H,15,18-19H2,1-2H3,(H,28,29)/t20-,21+/m0/s1. The topological polar surface area (TPSA) is 46.2 Å². The predicted molar refractivity (Wildman–Crippen MR) is 130 cm³/mol. The maximum Gasteiger partial charge on any atom is 0.220 e. The smallest absolute Gasteiger partial charge is 0.220 e. The highest BCUT2D eigenvalue weighted by atomic mass is 32.2. The lowest BCUT2D eigenvalue weighted by atomic mass is 10.0. The summed E-state index contributed by atoms with van der Waals surface area (Å²) in [6.45, 7) is 3.81. The SMILES string of the molecule is C[C@@H](Cc1ccc(-c2ccccc2)cc1)SC(=O)[C@@H](C)NC(=O)CCc1ccccc1. The lowest BCUT2D eigenvalue weighted by Crippen LogP contribution is -2.38. The number of carbonyl (C=O) groups excluding carboxylic acids is 2. The first-order valence-electron chi connectivity index (χ1n) is 10.7. The molecule has 1 amide bonds. The molecule has 0 spiro atoms. The Morgan fingerprint density at radius 3 is 2.00 bits per heavy atom. The van der Waals surface area contributed by atoms with E-state index >= 15 is 0 Å². The van der Waals surface area contributed by atoms with Gasteiger partial charge in [-0.3, -0.25) is 9.59 Å². The predicted octanol–water partition coefficient (Wildman–Crippen LogP) is 5.68. The third kappa shape index (κ3) is 7.41. The van der Waals surface area contributed by atoms with Crippen molar-refractivity contribution >= 4 is 22.8 Å². The van der Waals surface area contributed by atoms with E-state index in [0.717, 1.165) is 12.0 Å². The highest BCUT2D eigenvalue weighted by Crippen LogP contribution is 2.22. The van der Waals surface area contributed by atoms with Crippen molar-refractivity contribution in [3.05, 3.63) is 96.1 Å². The molecule has 4 heteroatoms. The number of nitrogens with one attached hydrogen (secondary N) is 1. The molecule has 1 N–H and O–H groups in total. The fourth-order valence-corrected chi connectivity index (χ4v) is 4.35. The molecule has 0 saturated heterocycles. The van der Waals surface area contributed by atoms with Gasteiger partial charge in [-0.05, 0) is 42.0 Å². The molecule has 3 nitrogen and oxygen atoms in total. The lowest BCUT2D eigenvalue weighted by Gasteiger charge is -2.16. The van der Waals surface area contributed by atoms with E-state index in [2.05, 4.69) is 48.6 Å². The first-order chi connectivity index (χ1) is 15.0. The van der Waals surface area contributed by atoms with Crippen LogP contribution in [0.1, 0.15) is 31.4 Å². The van der Waals surface area contributed by atoms with E-state index in [1.165, 1.54) is 28.5 Å². The second kappa shape index (κ2) is 11.5. The van der Waals surface area contributed by atoms with Crippen LogP contribution in [-0.4, -0.2) is 22.3 Å². The van der Waals surface area contributed by atoms with Gasteiger partial charge in [0, 0.05) is 11.7 Å². The number of hydrogen-bond donors (Lipinski definition) is 1. The largest absolute Gasteiger partial charge is 0.346 e. The van der Waals surface area contributed by atoms with Crippen LogP contribution in [0, 0.1) is 0 Å². The second-order valence-electron chi connectivity index (χ2n) is 7.79. The summed E-state index contributed by atoms with van der Waals surface area (Å²) in [5.41, 5.74) is 4.71. The van der Waals surface area contributed by atoms with Gasteiger partial charge in [0.1, 0.15) is 0 Å². The second-order valence-corrected chi connectivity index (χ2v) is 9.23. The minimum Gasteiger partial charge on any atom is -0.346 e. The van der Waals surface area contributed by atoms with Gasteiger partial charge in [0.2, 0.25) is 11.0 Å². The molecule has 0 bridgehead atoms. The van der Waals surface area contributed by atoms with E-state index in [4.69, 9.17) is 0 Å². The summed E-state index contributed by atoms with van der Waals surface area (Å²) in [5, 5.41) is 2.97. The average Bonchev–Trinajstić information content (AvgIpc) is 2.79. The minimum atomic E-state index is -0.490. The summed E-state index contributed by atoms with van der Waals surface area (Å²) in [7, 11) is 0. The maximum absolute atomic E-state index is 12.5. The molecule has 0 aliphatic carbocycles. The number of thioether (sulfide) groups is 1. The van der Waals surface area contributed by atoms with Crippen LogP contribution in [0.25, 0.3) is 11.1 Å². The lowest BCUT2D eigenvalue weighted by molar-refractivity contribution is -0.124. The molecule has 0 heterocycles. The van der Waals surface area contributed by atoms with Crippen molar-refractivity contribution in [2.24, 2.45) is 0 Å². The van der Waals surface area contributed by atoms with Crippen LogP contribution in [0.4, 0.5) is 0 Å². The number of hydrogen-bond acceptors (Lipinski definition) is 3. The summed E-state index contributed by atoms with van der Waals surface area (Å²) in [6.07, 6.45) is 1.87. The molecule has 0 saturated carbocycles. The van der Waals surface area contributed by atoms with E-state index in [-0.39, 0.29) is 16.3 Å². The molecule has 0 fully saturated rings. The van der Waals surface area contributed by atoms with Crippen molar-refractivity contribution in [2.45, 2.75) is 44.4 Å². The van der Waals surface area contributed by atoms with E-state index in [9.17, 15) is 9.59 Å². The molecule has 3 aromatic carbocycles. The van der Waals surface area contributed by atoms with Gasteiger partial charge in [0.25, 0.3) is 0 Å². The zero-order valence-electron chi connectivity index (χ0n) is 18.1. The molecule has 31 heavy (non-hydrogen) atoms. The zero-order valence-corrected chi connectivity index (χ0v) is 18.9. The van der Waals surface area contributed by atoms with Crippen molar-refractivity contribution in [3.63, 3.8) is 0 Å². The number of rotatable bonds is 9. The van der Waals surface area contributed by atoms with Gasteiger partial charge < -0.3 is 5.32 Å². The fourth-order valence-electron chi connectivity index (χ4n) is 3.41. The van der Waals surface area contributed by atoms with Crippen LogP contribution in [0.3, 0.4) is 0 Å². The number of benzene rings is 3. The van der Waals surface area contributed by atoms with E-state index in [0.29, 0.717) is 12.8 Å². The van der Waals surface area contributed by atoms with E-state index in [1.54, 1.807) is 6.92 Å². The Labute approximate surface area is 189 Å². The molecule has 0 unspecified atom stereocenters. The molecule has 3 aromatic rings. The van der Waals surface area contributed by atoms with Crippen molar-refractivity contribution in [3.8, 4) is 11.1 Å². The quantitative estimate of drug-likeness (QED) is 0.474. The third-order valence-corrected chi connectivity index (χ3v) is 6.27. The molecule has 3 rings (SSSR count). The summed E-state index contributed by atoms with van der Waals surface area (Å²) < 4.78 is 0. The minimum absolute atomic E-state index is 0.00136. The summed E-state index contributed by atoms with van der Waals surface area (Å²) >= 11 is 1.31. The number of carbonyl (C=O) groups is 2. The zero-order chi connectivity index (χ0) is 22.1. The van der Waals surface area contributed by atoms with Crippen LogP contribution >= 0.6 is 11.8 Å². The molecule has 0 aliphatic heterocycles. The van der Waals surface area contributed by atoms with Gasteiger partial charge in [0.05, 0.1) is 6.04 Å². The molecule has 0 radical (unpaired) electrons. The van der Waals surface area contributed by atoms with Crippen LogP contribution in [0.5, 0.6) is 0 Å². The van der Waals surface area contributed by atoms with Gasteiger partial charge in [-0.1, -0.05) is 104 Å². The molecular weight excluding hydrogens is 402 g/mol. The summed E-state index contributed by atoms with van der Waals surface area (Å²) in [6, 6.07) is 28.2. The van der Waals surface area contributed by atoms with E-state index < -0.39 is 6.04 Å². The van der Waals surface area contributed by atoms with Crippen molar-refractivity contribution in [2.75, 3.05) is 0 Å². The first-order valence-corrected chi connectivity index (χ1v) is 11.6. The highest BCUT2D eigenvalue weighted by molar-refractivity contribution is 8.14. The van der Waals surface area contributed by atoms with Crippen molar-refractivity contribution in [1.29, 1.82) is 0 Å². The molecular formula is C27H29NO2S. The monoisotopic (exact) mass is 431 g/mol. The van der Waals surface area contributed by atoms with Gasteiger partial charge in [-0.2, -0.15) is 0 Å². The molecule has 2 atom stereocenters. The number of aryl methyl sites for hydroxylation is 1. The Kier molecular flexibility index (Phi) is 8.48. The maximum atomic E-state index is 12.5. The number of amides is 1. The van der Waals surface area contributed by atoms with Crippen LogP contribution in [0.2, 0.25) is 0 Å². The van der Waals surface area contributed by atoms with Crippen LogP contribution in [0.15, 0.2) is 84.9 Å². The van der Waals surface area contributed by atoms with Gasteiger partial charge >= 0.3 is 0 Å². The van der Waals surface area contributed by atoms with Gasteiger partial charge in [-0.25, -0.2) is 0 Å². The third-order valence-electron chi connectivity index (χ3n) is 5.12. The van der Waals surface area contributed by atoms with Crippen molar-refractivity contribution in [1.82, 2.24) is 5.32 Å². The Hall–Kier alpha value is -2.85. The van der Waals surface area contributed by atoms with Gasteiger partial charge in [-0.15, -0.1) is 0 Å². The van der Waals surface area contributed by atoms with Crippen LogP contribution in [-0.2, 0) is 22.4 Å². The van der Waals surface area contributed by atoms with Crippen molar-refractivity contribution < 1.29 is 9.59 Å². The van der Waals surface area contributed by atoms with Gasteiger partial charge in [0.15, 0.2) is 0 Å².